The van der Waals surface area contributed by atoms with Gasteiger partial charge in [0.15, 0.2) is 0 Å². The highest BCUT2D eigenvalue weighted by atomic mass is 16.2. The van der Waals surface area contributed by atoms with Crippen molar-refractivity contribution in [1.29, 1.82) is 0 Å². The molecule has 2 heterocycles. The van der Waals surface area contributed by atoms with Crippen LogP contribution in [0.5, 0.6) is 0 Å². The van der Waals surface area contributed by atoms with Crippen LogP contribution in [0.3, 0.4) is 0 Å². The number of fused-ring (bicyclic) bond motifs is 1. The highest BCUT2D eigenvalue weighted by Gasteiger charge is 2.18. The molecule has 178 valence electrons. The highest BCUT2D eigenvalue weighted by Crippen LogP contribution is 2.17. The molecule has 0 saturated carbocycles. The average Bonchev–Trinajstić information content (AvgIpc) is 2.88. The Hall–Kier alpha value is -3.52. The molecule has 0 spiro atoms. The smallest absolute Gasteiger partial charge is 0.261 e. The Labute approximate surface area is 199 Å². The molecule has 2 amide bonds. The van der Waals surface area contributed by atoms with Crippen LogP contribution in [0.15, 0.2) is 65.7 Å². The molecule has 1 aromatic heterocycles. The second-order valence-electron chi connectivity index (χ2n) is 8.61. The van der Waals surface area contributed by atoms with E-state index < -0.39 is 0 Å². The quantitative estimate of drug-likeness (QED) is 0.624. The maximum atomic E-state index is 13.1. The lowest BCUT2D eigenvalue weighted by molar-refractivity contribution is -0.132. The van der Waals surface area contributed by atoms with Gasteiger partial charge in [-0.1, -0.05) is 42.5 Å². The summed E-state index contributed by atoms with van der Waals surface area (Å²) < 4.78 is 1.38. The zero-order chi connectivity index (χ0) is 23.8. The molecule has 4 rings (SSSR count). The number of para-hydroxylation sites is 1. The number of rotatable bonds is 3. The number of carbonyl (C=O) groups is 2. The lowest BCUT2D eigenvalue weighted by atomic mass is 10.0. The topological polar surface area (TPSA) is 96.3 Å². The van der Waals surface area contributed by atoms with E-state index in [1.165, 1.54) is 10.9 Å². The predicted octanol–water partition coefficient (Wildman–Crippen LogP) is 2.25. The molecule has 1 fully saturated rings. The minimum atomic E-state index is -0.208. The van der Waals surface area contributed by atoms with Crippen molar-refractivity contribution in [1.82, 2.24) is 25.1 Å². The van der Waals surface area contributed by atoms with E-state index in [0.717, 1.165) is 24.8 Å². The van der Waals surface area contributed by atoms with E-state index in [4.69, 9.17) is 0 Å². The van der Waals surface area contributed by atoms with Gasteiger partial charge in [0, 0.05) is 32.1 Å². The Morgan fingerprint density at radius 1 is 0.941 bits per heavy atom. The predicted molar refractivity (Wildman–Crippen MR) is 131 cm³/mol. The van der Waals surface area contributed by atoms with Gasteiger partial charge in [0.25, 0.3) is 5.56 Å². The second kappa shape index (κ2) is 11.6. The van der Waals surface area contributed by atoms with Gasteiger partial charge >= 0.3 is 0 Å². The summed E-state index contributed by atoms with van der Waals surface area (Å²) in [7, 11) is 0. The van der Waals surface area contributed by atoms with Gasteiger partial charge in [-0.3, -0.25) is 19.0 Å². The molecular formula is C26H31N5O3. The summed E-state index contributed by atoms with van der Waals surface area (Å²) in [6, 6.07) is 17.0. The summed E-state index contributed by atoms with van der Waals surface area (Å²) in [6.07, 6.45) is 4.15. The molecule has 1 unspecified atom stereocenters. The molecular weight excluding hydrogens is 430 g/mol. The van der Waals surface area contributed by atoms with Gasteiger partial charge in [0.05, 0.1) is 17.2 Å². The average molecular weight is 462 g/mol. The van der Waals surface area contributed by atoms with Crippen LogP contribution < -0.4 is 16.2 Å². The molecule has 1 aliphatic heterocycles. The van der Waals surface area contributed by atoms with Crippen molar-refractivity contribution < 1.29 is 9.59 Å². The van der Waals surface area contributed by atoms with Gasteiger partial charge in [-0.05, 0) is 43.5 Å². The standard InChI is InChI=1S/C26H31N5O3/c32-24-17-23(20-9-2-1-3-10-20)27-14-8-16-30(15-7-6-13-28-24)25(33)18-31-19-29-22-12-5-4-11-21(22)26(31)34/h1-5,9-12,19,23,27H,6-8,13-18H2,(H,28,32). The SMILES string of the molecule is O=C1CC(c2ccccc2)NCCCN(C(=O)Cn2cnc3ccccc3c2=O)CCCCN1. The van der Waals surface area contributed by atoms with E-state index in [1.807, 2.05) is 41.3 Å². The second-order valence-corrected chi connectivity index (χ2v) is 8.61. The number of benzene rings is 2. The molecule has 3 aromatic rings. The minimum Gasteiger partial charge on any atom is -0.356 e. The molecule has 34 heavy (non-hydrogen) atoms. The molecule has 0 radical (unpaired) electrons. The normalized spacial score (nSPS) is 18.4. The molecule has 8 nitrogen and oxygen atoms in total. The molecule has 0 aliphatic carbocycles. The maximum Gasteiger partial charge on any atom is 0.261 e. The Bertz CT molecular complexity index is 1180. The number of hydrogen-bond donors (Lipinski definition) is 2. The van der Waals surface area contributed by atoms with Gasteiger partial charge in [0.1, 0.15) is 6.54 Å². The maximum absolute atomic E-state index is 13.1. The number of nitrogens with zero attached hydrogens (tertiary/aromatic N) is 3. The third-order valence-electron chi connectivity index (χ3n) is 6.15. The van der Waals surface area contributed by atoms with Crippen molar-refractivity contribution in [3.8, 4) is 0 Å². The zero-order valence-corrected chi connectivity index (χ0v) is 19.3. The van der Waals surface area contributed by atoms with Crippen LogP contribution in [0, 0.1) is 0 Å². The lowest BCUT2D eigenvalue weighted by Gasteiger charge is -2.24. The number of carbonyl (C=O) groups excluding carboxylic acids is 2. The van der Waals surface area contributed by atoms with E-state index in [0.29, 0.717) is 43.5 Å². The van der Waals surface area contributed by atoms with E-state index >= 15 is 0 Å². The van der Waals surface area contributed by atoms with Gasteiger partial charge in [-0.25, -0.2) is 4.98 Å². The van der Waals surface area contributed by atoms with Crippen molar-refractivity contribution in [2.45, 2.75) is 38.3 Å². The van der Waals surface area contributed by atoms with Crippen LogP contribution in [-0.2, 0) is 16.1 Å². The third-order valence-corrected chi connectivity index (χ3v) is 6.15. The Morgan fingerprint density at radius 2 is 1.71 bits per heavy atom. The van der Waals surface area contributed by atoms with Gasteiger partial charge < -0.3 is 15.5 Å². The van der Waals surface area contributed by atoms with Gasteiger partial charge in [0.2, 0.25) is 11.8 Å². The summed E-state index contributed by atoms with van der Waals surface area (Å²) in [4.78, 5) is 44.5. The summed E-state index contributed by atoms with van der Waals surface area (Å²) >= 11 is 0. The number of nitrogens with one attached hydrogen (secondary N) is 2. The van der Waals surface area contributed by atoms with E-state index in [-0.39, 0.29) is 30.0 Å². The van der Waals surface area contributed by atoms with Crippen LogP contribution in [0.4, 0.5) is 0 Å². The molecule has 2 N–H and O–H groups in total. The minimum absolute atomic E-state index is 0.0247. The first-order chi connectivity index (χ1) is 16.6. The van der Waals surface area contributed by atoms with Crippen molar-refractivity contribution in [2.24, 2.45) is 0 Å². The van der Waals surface area contributed by atoms with Crippen LogP contribution in [-0.4, -0.2) is 52.4 Å². The largest absolute Gasteiger partial charge is 0.356 e. The van der Waals surface area contributed by atoms with Crippen LogP contribution >= 0.6 is 0 Å². The Morgan fingerprint density at radius 3 is 2.56 bits per heavy atom. The van der Waals surface area contributed by atoms with Crippen molar-refractivity contribution >= 4 is 22.7 Å². The highest BCUT2D eigenvalue weighted by molar-refractivity contribution is 5.79. The molecule has 1 saturated heterocycles. The van der Waals surface area contributed by atoms with E-state index in [1.54, 1.807) is 18.2 Å². The molecule has 1 atom stereocenters. The van der Waals surface area contributed by atoms with Gasteiger partial charge in [-0.15, -0.1) is 0 Å². The summed E-state index contributed by atoms with van der Waals surface area (Å²) in [5.41, 5.74) is 1.49. The summed E-state index contributed by atoms with van der Waals surface area (Å²) in [5, 5.41) is 6.98. The fourth-order valence-corrected chi connectivity index (χ4v) is 4.28. The lowest BCUT2D eigenvalue weighted by Crippen LogP contribution is -2.39. The first-order valence-electron chi connectivity index (χ1n) is 11.9. The Balaban J connectivity index is 1.43. The van der Waals surface area contributed by atoms with Gasteiger partial charge in [-0.2, -0.15) is 0 Å². The summed E-state index contributed by atoms with van der Waals surface area (Å²) in [5.74, 6) is -0.0746. The zero-order valence-electron chi connectivity index (χ0n) is 19.3. The van der Waals surface area contributed by atoms with Crippen molar-refractivity contribution in [3.63, 3.8) is 0 Å². The molecule has 1 aliphatic rings. The fourth-order valence-electron chi connectivity index (χ4n) is 4.28. The third kappa shape index (κ3) is 6.08. The fraction of sp³-hybridized carbons (Fsp3) is 0.385. The monoisotopic (exact) mass is 461 g/mol. The van der Waals surface area contributed by atoms with Crippen LogP contribution in [0.1, 0.15) is 37.3 Å². The van der Waals surface area contributed by atoms with Crippen LogP contribution in [0.2, 0.25) is 0 Å². The molecule has 0 bridgehead atoms. The van der Waals surface area contributed by atoms with Crippen LogP contribution in [0.25, 0.3) is 10.9 Å². The summed E-state index contributed by atoms with van der Waals surface area (Å²) in [6.45, 7) is 2.40. The van der Waals surface area contributed by atoms with E-state index in [9.17, 15) is 14.4 Å². The van der Waals surface area contributed by atoms with E-state index in [2.05, 4.69) is 15.6 Å². The number of amides is 2. The first kappa shape index (κ1) is 23.6. The number of hydrogen-bond acceptors (Lipinski definition) is 5. The first-order valence-corrected chi connectivity index (χ1v) is 11.9. The number of aromatic nitrogens is 2. The van der Waals surface area contributed by atoms with Crippen molar-refractivity contribution in [3.05, 3.63) is 76.8 Å². The molecule has 2 aromatic carbocycles. The Kier molecular flexibility index (Phi) is 8.04. The van der Waals surface area contributed by atoms with Crippen molar-refractivity contribution in [2.75, 3.05) is 26.2 Å². The molecule has 8 heteroatoms.